The summed E-state index contributed by atoms with van der Waals surface area (Å²) in [5, 5.41) is 4.02. The van der Waals surface area contributed by atoms with Gasteiger partial charge in [0.05, 0.1) is 19.0 Å². The van der Waals surface area contributed by atoms with Gasteiger partial charge in [-0.2, -0.15) is 5.10 Å². The molecular formula is C12H17BrN4O3. The van der Waals surface area contributed by atoms with Crippen LogP contribution in [-0.4, -0.2) is 42.5 Å². The van der Waals surface area contributed by atoms with E-state index in [0.717, 1.165) is 29.9 Å². The molecule has 2 heterocycles. The fourth-order valence-corrected chi connectivity index (χ4v) is 2.78. The fourth-order valence-electron chi connectivity index (χ4n) is 2.22. The molecule has 2 N–H and O–H groups in total. The zero-order valence-corrected chi connectivity index (χ0v) is 12.8. The molecule has 0 spiro atoms. The number of anilines is 1. The lowest BCUT2D eigenvalue weighted by Gasteiger charge is -2.19. The van der Waals surface area contributed by atoms with Crippen molar-refractivity contribution >= 4 is 27.6 Å². The molecule has 110 valence electrons. The van der Waals surface area contributed by atoms with Gasteiger partial charge in [-0.1, -0.05) is 0 Å². The average molecular weight is 345 g/mol. The number of hydrogen-bond acceptors (Lipinski definition) is 6. The van der Waals surface area contributed by atoms with Crippen molar-refractivity contribution in [3.63, 3.8) is 0 Å². The van der Waals surface area contributed by atoms with Crippen LogP contribution in [0.4, 0.5) is 5.69 Å². The molecule has 0 bridgehead atoms. The molecular weight excluding hydrogens is 328 g/mol. The van der Waals surface area contributed by atoms with Crippen LogP contribution in [-0.2, 0) is 16.1 Å². The van der Waals surface area contributed by atoms with Crippen molar-refractivity contribution in [2.24, 2.45) is 11.7 Å². The van der Waals surface area contributed by atoms with Crippen LogP contribution in [0.2, 0.25) is 0 Å². The highest BCUT2D eigenvalue weighted by Crippen LogP contribution is 2.27. The highest BCUT2D eigenvalue weighted by Gasteiger charge is 2.24. The first-order valence-corrected chi connectivity index (χ1v) is 7.13. The van der Waals surface area contributed by atoms with Crippen LogP contribution in [0.25, 0.3) is 0 Å². The first-order valence-electron chi connectivity index (χ1n) is 6.34. The average Bonchev–Trinajstić information content (AvgIpc) is 2.92. The molecule has 2 rings (SSSR count). The molecule has 0 amide bonds. The summed E-state index contributed by atoms with van der Waals surface area (Å²) in [6.45, 7) is 2.11. The number of carbonyl (C=O) groups is 1. The number of esters is 1. The summed E-state index contributed by atoms with van der Waals surface area (Å²) in [5.74, 6) is -0.0666. The van der Waals surface area contributed by atoms with E-state index in [2.05, 4.69) is 30.7 Å². The van der Waals surface area contributed by atoms with E-state index < -0.39 is 5.97 Å². The maximum absolute atomic E-state index is 12.1. The van der Waals surface area contributed by atoms with E-state index in [1.807, 2.05) is 0 Å². The Balaban J connectivity index is 2.23. The maximum atomic E-state index is 12.1. The standard InChI is InChI=1S/C12H17BrN4O3/c1-20-10(18)7-17-12(19)11(13)9(5-15-17)16-3-2-8(4-14)6-16/h5,8H,2-4,6-7,14H2,1H3. The van der Waals surface area contributed by atoms with Crippen molar-refractivity contribution in [2.75, 3.05) is 31.6 Å². The Morgan fingerprint density at radius 2 is 2.40 bits per heavy atom. The topological polar surface area (TPSA) is 90.5 Å². The van der Waals surface area contributed by atoms with E-state index in [1.165, 1.54) is 7.11 Å². The number of nitrogens with two attached hydrogens (primary N) is 1. The van der Waals surface area contributed by atoms with Crippen LogP contribution < -0.4 is 16.2 Å². The van der Waals surface area contributed by atoms with E-state index in [-0.39, 0.29) is 12.1 Å². The zero-order valence-electron chi connectivity index (χ0n) is 11.2. The van der Waals surface area contributed by atoms with Crippen LogP contribution in [0.3, 0.4) is 0 Å². The fraction of sp³-hybridized carbons (Fsp3) is 0.583. The highest BCUT2D eigenvalue weighted by atomic mass is 79.9. The van der Waals surface area contributed by atoms with Gasteiger partial charge in [0.1, 0.15) is 11.0 Å². The molecule has 1 unspecified atom stereocenters. The quantitative estimate of drug-likeness (QED) is 0.771. The Labute approximate surface area is 124 Å². The van der Waals surface area contributed by atoms with E-state index in [9.17, 15) is 9.59 Å². The number of methoxy groups -OCH3 is 1. The third-order valence-electron chi connectivity index (χ3n) is 3.43. The SMILES string of the molecule is COC(=O)Cn1ncc(N2CCC(CN)C2)c(Br)c1=O. The Bertz CT molecular complexity index is 560. The Morgan fingerprint density at radius 3 is 3.00 bits per heavy atom. The first-order chi connectivity index (χ1) is 9.56. The van der Waals surface area contributed by atoms with Crippen molar-refractivity contribution in [2.45, 2.75) is 13.0 Å². The minimum Gasteiger partial charge on any atom is -0.468 e. The summed E-state index contributed by atoms with van der Waals surface area (Å²) in [6.07, 6.45) is 2.60. The molecule has 1 atom stereocenters. The number of rotatable bonds is 4. The van der Waals surface area contributed by atoms with Crippen LogP contribution in [0.15, 0.2) is 15.5 Å². The van der Waals surface area contributed by atoms with Gasteiger partial charge >= 0.3 is 5.97 Å². The van der Waals surface area contributed by atoms with Crippen molar-refractivity contribution in [3.8, 4) is 0 Å². The first kappa shape index (κ1) is 15.0. The minimum absolute atomic E-state index is 0.195. The molecule has 1 aliphatic rings. The van der Waals surface area contributed by atoms with Crippen molar-refractivity contribution < 1.29 is 9.53 Å². The molecule has 8 heteroatoms. The monoisotopic (exact) mass is 344 g/mol. The summed E-state index contributed by atoms with van der Waals surface area (Å²) in [5.41, 5.74) is 6.06. The number of hydrogen-bond donors (Lipinski definition) is 1. The summed E-state index contributed by atoms with van der Waals surface area (Å²) in [7, 11) is 1.27. The molecule has 0 aromatic carbocycles. The van der Waals surface area contributed by atoms with E-state index in [4.69, 9.17) is 5.73 Å². The Morgan fingerprint density at radius 1 is 1.65 bits per heavy atom. The number of ether oxygens (including phenoxy) is 1. The number of nitrogens with zero attached hydrogens (tertiary/aromatic N) is 3. The summed E-state index contributed by atoms with van der Waals surface area (Å²) in [4.78, 5) is 25.4. The molecule has 1 saturated heterocycles. The minimum atomic E-state index is -0.511. The Hall–Kier alpha value is -1.41. The third kappa shape index (κ3) is 3.01. The van der Waals surface area contributed by atoms with Gasteiger partial charge in [-0.25, -0.2) is 4.68 Å². The van der Waals surface area contributed by atoms with Crippen molar-refractivity contribution in [1.29, 1.82) is 0 Å². The molecule has 0 aliphatic carbocycles. The van der Waals surface area contributed by atoms with Gasteiger partial charge in [-0.05, 0) is 34.8 Å². The van der Waals surface area contributed by atoms with Gasteiger partial charge in [0, 0.05) is 13.1 Å². The van der Waals surface area contributed by atoms with Gasteiger partial charge in [0.25, 0.3) is 5.56 Å². The predicted octanol–water partition coefficient (Wildman–Crippen LogP) is -0.0362. The van der Waals surface area contributed by atoms with Crippen LogP contribution in [0.5, 0.6) is 0 Å². The van der Waals surface area contributed by atoms with Crippen molar-refractivity contribution in [1.82, 2.24) is 9.78 Å². The normalized spacial score (nSPS) is 18.4. The molecule has 7 nitrogen and oxygen atoms in total. The van der Waals surface area contributed by atoms with E-state index in [0.29, 0.717) is 16.9 Å². The summed E-state index contributed by atoms with van der Waals surface area (Å²) < 4.78 is 6.02. The van der Waals surface area contributed by atoms with Gasteiger partial charge < -0.3 is 15.4 Å². The lowest BCUT2D eigenvalue weighted by Crippen LogP contribution is -2.31. The second-order valence-electron chi connectivity index (χ2n) is 4.72. The van der Waals surface area contributed by atoms with Gasteiger partial charge in [-0.15, -0.1) is 0 Å². The van der Waals surface area contributed by atoms with Crippen molar-refractivity contribution in [3.05, 3.63) is 21.0 Å². The van der Waals surface area contributed by atoms with Gasteiger partial charge in [0.15, 0.2) is 0 Å². The zero-order chi connectivity index (χ0) is 14.7. The number of carbonyl (C=O) groups excluding carboxylic acids is 1. The van der Waals surface area contributed by atoms with Gasteiger partial charge in [0.2, 0.25) is 0 Å². The maximum Gasteiger partial charge on any atom is 0.327 e. The van der Waals surface area contributed by atoms with E-state index in [1.54, 1.807) is 6.20 Å². The highest BCUT2D eigenvalue weighted by molar-refractivity contribution is 9.10. The molecule has 0 saturated carbocycles. The molecule has 1 aromatic rings. The molecule has 1 aliphatic heterocycles. The summed E-state index contributed by atoms with van der Waals surface area (Å²) in [6, 6.07) is 0. The lowest BCUT2D eigenvalue weighted by molar-refractivity contribution is -0.141. The van der Waals surface area contributed by atoms with E-state index >= 15 is 0 Å². The van der Waals surface area contributed by atoms with Crippen LogP contribution in [0.1, 0.15) is 6.42 Å². The largest absolute Gasteiger partial charge is 0.468 e. The molecule has 0 radical (unpaired) electrons. The molecule has 1 fully saturated rings. The molecule has 1 aromatic heterocycles. The third-order valence-corrected chi connectivity index (χ3v) is 4.18. The molecule has 20 heavy (non-hydrogen) atoms. The number of aromatic nitrogens is 2. The lowest BCUT2D eigenvalue weighted by atomic mass is 10.1. The predicted molar refractivity (Wildman–Crippen MR) is 77.6 cm³/mol. The smallest absolute Gasteiger partial charge is 0.327 e. The summed E-state index contributed by atoms with van der Waals surface area (Å²) >= 11 is 3.30. The van der Waals surface area contributed by atoms with Crippen LogP contribution >= 0.6 is 15.9 Å². The second-order valence-corrected chi connectivity index (χ2v) is 5.51. The number of halogens is 1. The van der Waals surface area contributed by atoms with Gasteiger partial charge in [-0.3, -0.25) is 9.59 Å². The second kappa shape index (κ2) is 6.36. The van der Waals surface area contributed by atoms with Crippen LogP contribution in [0, 0.1) is 5.92 Å². The Kier molecular flexibility index (Phi) is 4.77.